The van der Waals surface area contributed by atoms with Crippen LogP contribution in [0.15, 0.2) is 29.2 Å². The smallest absolute Gasteiger partial charge is 0.327 e. The molecule has 0 aromatic heterocycles. The van der Waals surface area contributed by atoms with Crippen molar-refractivity contribution in [2.75, 3.05) is 5.75 Å². The maximum atomic E-state index is 12.1. The van der Waals surface area contributed by atoms with E-state index in [9.17, 15) is 13.8 Å². The minimum Gasteiger partial charge on any atom is -0.480 e. The molecule has 0 saturated heterocycles. The van der Waals surface area contributed by atoms with Gasteiger partial charge in [0.2, 0.25) is 5.91 Å². The highest BCUT2D eigenvalue weighted by Gasteiger charge is 2.22. The molecule has 0 aliphatic heterocycles. The first-order valence-electron chi connectivity index (χ1n) is 6.29. The molecule has 110 valence electrons. The third kappa shape index (κ3) is 4.77. The lowest BCUT2D eigenvalue weighted by atomic mass is 10.0. The van der Waals surface area contributed by atoms with Gasteiger partial charge in [-0.1, -0.05) is 26.0 Å². The van der Waals surface area contributed by atoms with E-state index in [1.165, 1.54) is 6.92 Å². The van der Waals surface area contributed by atoms with Crippen molar-refractivity contribution in [2.24, 2.45) is 0 Å². The van der Waals surface area contributed by atoms with Gasteiger partial charge in [-0.3, -0.25) is 9.00 Å². The van der Waals surface area contributed by atoms with Gasteiger partial charge in [0.15, 0.2) is 0 Å². The number of amides is 1. The Morgan fingerprint density at radius 3 is 2.20 bits per heavy atom. The average molecular weight is 297 g/mol. The van der Waals surface area contributed by atoms with Crippen molar-refractivity contribution in [3.8, 4) is 0 Å². The molecular formula is C14H19NO4S. The molecule has 5 nitrogen and oxygen atoms in total. The van der Waals surface area contributed by atoms with Crippen LogP contribution in [0.1, 0.15) is 32.3 Å². The second kappa shape index (κ2) is 7.19. The molecule has 1 aromatic carbocycles. The van der Waals surface area contributed by atoms with Crippen LogP contribution in [-0.4, -0.2) is 33.0 Å². The van der Waals surface area contributed by atoms with Gasteiger partial charge in [0.25, 0.3) is 0 Å². The predicted octanol–water partition coefficient (Wildman–Crippen LogP) is 1.51. The van der Waals surface area contributed by atoms with E-state index < -0.39 is 28.7 Å². The Balaban J connectivity index is 2.78. The summed E-state index contributed by atoms with van der Waals surface area (Å²) < 4.78 is 12.1. The standard InChI is InChI=1S/C14H19NO4S/c1-9(2)11-4-6-12(7-5-11)20(19)8-13(14(17)18)15-10(3)16/h4-7,9,13H,8H2,1-3H3,(H,15,16)(H,17,18). The molecule has 0 spiro atoms. The minimum atomic E-state index is -1.47. The monoisotopic (exact) mass is 297 g/mol. The van der Waals surface area contributed by atoms with Gasteiger partial charge in [0.1, 0.15) is 6.04 Å². The summed E-state index contributed by atoms with van der Waals surface area (Å²) in [6.45, 7) is 5.35. The second-order valence-electron chi connectivity index (χ2n) is 4.83. The molecule has 6 heteroatoms. The summed E-state index contributed by atoms with van der Waals surface area (Å²) in [4.78, 5) is 22.5. The molecule has 0 heterocycles. The quantitative estimate of drug-likeness (QED) is 0.833. The highest BCUT2D eigenvalue weighted by molar-refractivity contribution is 7.85. The number of hydrogen-bond donors (Lipinski definition) is 2. The van der Waals surface area contributed by atoms with Crippen molar-refractivity contribution >= 4 is 22.7 Å². The van der Waals surface area contributed by atoms with E-state index in [0.29, 0.717) is 10.8 Å². The van der Waals surface area contributed by atoms with Crippen LogP contribution in [0.25, 0.3) is 0 Å². The van der Waals surface area contributed by atoms with Gasteiger partial charge in [-0.25, -0.2) is 4.79 Å². The summed E-state index contributed by atoms with van der Waals surface area (Å²) in [5.74, 6) is -1.41. The van der Waals surface area contributed by atoms with Crippen LogP contribution in [0.5, 0.6) is 0 Å². The molecule has 0 aliphatic rings. The number of carboxylic acids is 1. The zero-order valence-corrected chi connectivity index (χ0v) is 12.6. The van der Waals surface area contributed by atoms with Gasteiger partial charge in [-0.05, 0) is 23.6 Å². The zero-order valence-electron chi connectivity index (χ0n) is 11.8. The van der Waals surface area contributed by atoms with E-state index in [-0.39, 0.29) is 5.75 Å². The maximum Gasteiger partial charge on any atom is 0.327 e. The number of hydrogen-bond acceptors (Lipinski definition) is 3. The highest BCUT2D eigenvalue weighted by Crippen LogP contribution is 2.16. The zero-order chi connectivity index (χ0) is 15.3. The summed E-state index contributed by atoms with van der Waals surface area (Å²) in [6, 6.07) is 6.09. The number of rotatable bonds is 6. The fraction of sp³-hybridized carbons (Fsp3) is 0.429. The van der Waals surface area contributed by atoms with Crippen LogP contribution < -0.4 is 5.32 Å². The van der Waals surface area contributed by atoms with Crippen LogP contribution in [0.3, 0.4) is 0 Å². The molecule has 0 aliphatic carbocycles. The van der Waals surface area contributed by atoms with Crippen molar-refractivity contribution in [1.29, 1.82) is 0 Å². The Bertz CT molecular complexity index is 510. The lowest BCUT2D eigenvalue weighted by molar-refractivity contribution is -0.140. The number of benzene rings is 1. The normalized spacial score (nSPS) is 13.8. The summed E-state index contributed by atoms with van der Waals surface area (Å²) in [5, 5.41) is 11.3. The van der Waals surface area contributed by atoms with Crippen molar-refractivity contribution in [1.82, 2.24) is 5.32 Å². The van der Waals surface area contributed by atoms with E-state index in [0.717, 1.165) is 5.56 Å². The third-order valence-electron chi connectivity index (χ3n) is 2.80. The molecule has 2 atom stereocenters. The fourth-order valence-corrected chi connectivity index (χ4v) is 2.83. The largest absolute Gasteiger partial charge is 0.480 e. The molecular weight excluding hydrogens is 278 g/mol. The lowest BCUT2D eigenvalue weighted by Crippen LogP contribution is -2.43. The number of carbonyl (C=O) groups is 2. The van der Waals surface area contributed by atoms with Crippen LogP contribution in [0.2, 0.25) is 0 Å². The number of nitrogens with one attached hydrogen (secondary N) is 1. The number of carbonyl (C=O) groups excluding carboxylic acids is 1. The lowest BCUT2D eigenvalue weighted by Gasteiger charge is -2.13. The Morgan fingerprint density at radius 1 is 1.25 bits per heavy atom. The van der Waals surface area contributed by atoms with E-state index in [1.807, 2.05) is 12.1 Å². The molecule has 1 amide bonds. The average Bonchev–Trinajstić information content (AvgIpc) is 2.37. The predicted molar refractivity (Wildman–Crippen MR) is 77.0 cm³/mol. The summed E-state index contributed by atoms with van der Waals surface area (Å²) in [6.07, 6.45) is 0. The van der Waals surface area contributed by atoms with Crippen molar-refractivity contribution in [3.05, 3.63) is 29.8 Å². The first-order chi connectivity index (χ1) is 9.31. The molecule has 1 aromatic rings. The second-order valence-corrected chi connectivity index (χ2v) is 6.32. The van der Waals surface area contributed by atoms with Gasteiger partial charge < -0.3 is 10.4 Å². The molecule has 0 fully saturated rings. The molecule has 0 radical (unpaired) electrons. The van der Waals surface area contributed by atoms with Gasteiger partial charge in [-0.2, -0.15) is 0 Å². The summed E-state index contributed by atoms with van der Waals surface area (Å²) in [5.41, 5.74) is 1.13. The topological polar surface area (TPSA) is 83.5 Å². The Morgan fingerprint density at radius 2 is 1.80 bits per heavy atom. The Kier molecular flexibility index (Phi) is 5.88. The van der Waals surface area contributed by atoms with E-state index >= 15 is 0 Å². The first kappa shape index (κ1) is 16.4. The highest BCUT2D eigenvalue weighted by atomic mass is 32.2. The maximum absolute atomic E-state index is 12.1. The fourth-order valence-electron chi connectivity index (χ4n) is 1.67. The van der Waals surface area contributed by atoms with Gasteiger partial charge in [-0.15, -0.1) is 0 Å². The van der Waals surface area contributed by atoms with Crippen LogP contribution in [-0.2, 0) is 20.4 Å². The van der Waals surface area contributed by atoms with Gasteiger partial charge in [0.05, 0.1) is 16.6 Å². The molecule has 2 unspecified atom stereocenters. The van der Waals surface area contributed by atoms with Crippen LogP contribution in [0, 0.1) is 0 Å². The van der Waals surface area contributed by atoms with E-state index in [2.05, 4.69) is 19.2 Å². The molecule has 20 heavy (non-hydrogen) atoms. The van der Waals surface area contributed by atoms with Crippen LogP contribution >= 0.6 is 0 Å². The SMILES string of the molecule is CC(=O)NC(CS(=O)c1ccc(C(C)C)cc1)C(=O)O. The summed E-state index contributed by atoms with van der Waals surface area (Å²) >= 11 is 0. The van der Waals surface area contributed by atoms with Gasteiger partial charge in [0, 0.05) is 11.8 Å². The molecule has 2 N–H and O–H groups in total. The Hall–Kier alpha value is -1.69. The number of carboxylic acid groups (broad SMARTS) is 1. The van der Waals surface area contributed by atoms with E-state index in [1.54, 1.807) is 12.1 Å². The van der Waals surface area contributed by atoms with Crippen molar-refractivity contribution in [2.45, 2.75) is 37.6 Å². The van der Waals surface area contributed by atoms with E-state index in [4.69, 9.17) is 5.11 Å². The molecule has 1 rings (SSSR count). The summed E-state index contributed by atoms with van der Waals surface area (Å²) in [7, 11) is -1.47. The first-order valence-corrected chi connectivity index (χ1v) is 7.61. The molecule has 0 saturated carbocycles. The van der Waals surface area contributed by atoms with Gasteiger partial charge >= 0.3 is 5.97 Å². The van der Waals surface area contributed by atoms with Crippen molar-refractivity contribution in [3.63, 3.8) is 0 Å². The third-order valence-corrected chi connectivity index (χ3v) is 4.24. The minimum absolute atomic E-state index is 0.143. The number of aliphatic carboxylic acids is 1. The Labute approximate surface area is 120 Å². The van der Waals surface area contributed by atoms with Crippen LogP contribution in [0.4, 0.5) is 0 Å². The van der Waals surface area contributed by atoms with Crippen molar-refractivity contribution < 1.29 is 18.9 Å². The molecule has 0 bridgehead atoms.